The topological polar surface area (TPSA) is 32.8 Å². The number of amides is 1. The number of hydrogen-bond acceptors (Lipinski definition) is 4. The Labute approximate surface area is 125 Å². The molecule has 5 heteroatoms. The van der Waals surface area contributed by atoms with Crippen molar-refractivity contribution in [3.63, 3.8) is 0 Å². The molecule has 2 rings (SSSR count). The van der Waals surface area contributed by atoms with Gasteiger partial charge in [0.2, 0.25) is 5.91 Å². The van der Waals surface area contributed by atoms with Crippen molar-refractivity contribution in [1.82, 2.24) is 9.80 Å². The van der Waals surface area contributed by atoms with Crippen molar-refractivity contribution in [3.05, 3.63) is 29.8 Å². The molecular weight excluding hydrogens is 272 g/mol. The van der Waals surface area contributed by atoms with Crippen LogP contribution in [0.15, 0.2) is 24.3 Å². The number of nitrogens with zero attached hydrogens (tertiary/aromatic N) is 2. The molecule has 1 amide bonds. The lowest BCUT2D eigenvalue weighted by Crippen LogP contribution is -2.41. The van der Waals surface area contributed by atoms with Gasteiger partial charge in [-0.15, -0.1) is 11.8 Å². The summed E-state index contributed by atoms with van der Waals surface area (Å²) in [5.74, 6) is 1.97. The zero-order chi connectivity index (χ0) is 14.5. The van der Waals surface area contributed by atoms with Gasteiger partial charge in [0.25, 0.3) is 0 Å². The molecule has 1 aliphatic rings. The highest BCUT2D eigenvalue weighted by molar-refractivity contribution is 7.99. The minimum absolute atomic E-state index is 0.0624. The Balaban J connectivity index is 2.23. The molecular formula is C15H22N2O2S. The van der Waals surface area contributed by atoms with Gasteiger partial charge in [0.05, 0.1) is 7.11 Å². The van der Waals surface area contributed by atoms with Crippen LogP contribution in [0.3, 0.4) is 0 Å². The number of thioether (sulfide) groups is 1. The van der Waals surface area contributed by atoms with Crippen LogP contribution in [-0.2, 0) is 4.79 Å². The van der Waals surface area contributed by atoms with Crippen molar-refractivity contribution >= 4 is 17.7 Å². The summed E-state index contributed by atoms with van der Waals surface area (Å²) >= 11 is 1.82. The second-order valence-corrected chi connectivity index (χ2v) is 6.29. The standard InChI is InChI=1S/C15H22N2O2S/c1-16(2)9-10-17-14(18)8-11-20-15(17)12-6-4-5-7-13(12)19-3/h4-7,15H,8-11H2,1-3H3. The maximum atomic E-state index is 12.2. The largest absolute Gasteiger partial charge is 0.496 e. The van der Waals surface area contributed by atoms with Crippen LogP contribution in [0.5, 0.6) is 5.75 Å². The van der Waals surface area contributed by atoms with Crippen molar-refractivity contribution in [2.24, 2.45) is 0 Å². The van der Waals surface area contributed by atoms with E-state index in [1.165, 1.54) is 0 Å². The van der Waals surface area contributed by atoms with Crippen LogP contribution in [0.1, 0.15) is 17.4 Å². The number of rotatable bonds is 5. The van der Waals surface area contributed by atoms with Gasteiger partial charge in [0.1, 0.15) is 11.1 Å². The molecule has 0 aromatic heterocycles. The van der Waals surface area contributed by atoms with Gasteiger partial charge < -0.3 is 14.5 Å². The van der Waals surface area contributed by atoms with Gasteiger partial charge in [0.15, 0.2) is 0 Å². The van der Waals surface area contributed by atoms with E-state index in [-0.39, 0.29) is 11.3 Å². The molecule has 1 aliphatic heterocycles. The molecule has 0 radical (unpaired) electrons. The number of benzene rings is 1. The SMILES string of the molecule is COc1ccccc1C1SCCC(=O)N1CCN(C)C. The second-order valence-electron chi connectivity index (χ2n) is 5.11. The first-order valence-corrected chi connectivity index (χ1v) is 7.87. The molecule has 0 saturated carbocycles. The smallest absolute Gasteiger partial charge is 0.224 e. The average Bonchev–Trinajstić information content (AvgIpc) is 2.45. The Kier molecular flexibility index (Phi) is 5.31. The molecule has 0 N–H and O–H groups in total. The third-order valence-corrected chi connectivity index (χ3v) is 4.65. The fraction of sp³-hybridized carbons (Fsp3) is 0.533. The number of methoxy groups -OCH3 is 1. The van der Waals surface area contributed by atoms with Gasteiger partial charge >= 0.3 is 0 Å². The van der Waals surface area contributed by atoms with Gasteiger partial charge in [-0.25, -0.2) is 0 Å². The van der Waals surface area contributed by atoms with Gasteiger partial charge in [0, 0.05) is 30.8 Å². The third-order valence-electron chi connectivity index (χ3n) is 3.39. The number of para-hydroxylation sites is 1. The minimum Gasteiger partial charge on any atom is -0.496 e. The third kappa shape index (κ3) is 3.46. The summed E-state index contributed by atoms with van der Waals surface area (Å²) in [6.07, 6.45) is 0.629. The Morgan fingerprint density at radius 3 is 2.85 bits per heavy atom. The first kappa shape index (κ1) is 15.2. The Morgan fingerprint density at radius 2 is 2.15 bits per heavy atom. The number of carbonyl (C=O) groups is 1. The summed E-state index contributed by atoms with van der Waals surface area (Å²) < 4.78 is 5.45. The predicted molar refractivity (Wildman–Crippen MR) is 83.1 cm³/mol. The average molecular weight is 294 g/mol. The molecule has 1 heterocycles. The van der Waals surface area contributed by atoms with E-state index in [0.29, 0.717) is 6.42 Å². The van der Waals surface area contributed by atoms with Crippen LogP contribution in [0, 0.1) is 0 Å². The summed E-state index contributed by atoms with van der Waals surface area (Å²) in [5.41, 5.74) is 1.09. The lowest BCUT2D eigenvalue weighted by atomic mass is 10.1. The number of likely N-dealkylation sites (N-methyl/N-ethyl adjacent to an activating group) is 1. The summed E-state index contributed by atoms with van der Waals surface area (Å²) in [6.45, 7) is 1.62. The summed E-state index contributed by atoms with van der Waals surface area (Å²) in [6, 6.07) is 7.97. The minimum atomic E-state index is 0.0624. The van der Waals surface area contributed by atoms with Gasteiger partial charge in [-0.3, -0.25) is 4.79 Å². The van der Waals surface area contributed by atoms with E-state index in [1.54, 1.807) is 7.11 Å². The van der Waals surface area contributed by atoms with Crippen LogP contribution in [-0.4, -0.2) is 55.8 Å². The van der Waals surface area contributed by atoms with E-state index in [1.807, 2.05) is 49.0 Å². The molecule has 1 unspecified atom stereocenters. The van der Waals surface area contributed by atoms with Crippen molar-refractivity contribution in [1.29, 1.82) is 0 Å². The van der Waals surface area contributed by atoms with E-state index in [0.717, 1.165) is 30.2 Å². The lowest BCUT2D eigenvalue weighted by molar-refractivity contribution is -0.132. The van der Waals surface area contributed by atoms with E-state index >= 15 is 0 Å². The molecule has 1 saturated heterocycles. The molecule has 0 bridgehead atoms. The van der Waals surface area contributed by atoms with Crippen LogP contribution in [0.4, 0.5) is 0 Å². The first-order valence-electron chi connectivity index (χ1n) is 6.82. The normalized spacial score (nSPS) is 19.5. The van der Waals surface area contributed by atoms with E-state index in [2.05, 4.69) is 11.0 Å². The fourth-order valence-corrected chi connectivity index (χ4v) is 3.59. The number of carbonyl (C=O) groups excluding carboxylic acids is 1. The quantitative estimate of drug-likeness (QED) is 0.833. The van der Waals surface area contributed by atoms with E-state index in [9.17, 15) is 4.79 Å². The van der Waals surface area contributed by atoms with Gasteiger partial charge in [-0.05, 0) is 20.2 Å². The Morgan fingerprint density at radius 1 is 1.40 bits per heavy atom. The first-order chi connectivity index (χ1) is 9.63. The molecule has 1 aromatic rings. The van der Waals surface area contributed by atoms with Crippen LogP contribution >= 0.6 is 11.8 Å². The Bertz CT molecular complexity index is 465. The zero-order valence-corrected chi connectivity index (χ0v) is 13.2. The maximum Gasteiger partial charge on any atom is 0.224 e. The number of ether oxygens (including phenoxy) is 1. The van der Waals surface area contributed by atoms with Crippen LogP contribution in [0.2, 0.25) is 0 Å². The lowest BCUT2D eigenvalue weighted by Gasteiger charge is -2.36. The van der Waals surface area contributed by atoms with Crippen LogP contribution in [0.25, 0.3) is 0 Å². The Hall–Kier alpha value is -1.20. The molecule has 1 fully saturated rings. The molecule has 20 heavy (non-hydrogen) atoms. The van der Waals surface area contributed by atoms with Crippen LogP contribution < -0.4 is 4.74 Å². The highest BCUT2D eigenvalue weighted by Crippen LogP contribution is 2.40. The molecule has 0 aliphatic carbocycles. The summed E-state index contributed by atoms with van der Waals surface area (Å²) in [7, 11) is 5.73. The molecule has 0 spiro atoms. The van der Waals surface area contributed by atoms with Crippen molar-refractivity contribution in [3.8, 4) is 5.75 Å². The molecule has 1 atom stereocenters. The zero-order valence-electron chi connectivity index (χ0n) is 12.3. The predicted octanol–water partition coefficient (Wildman–Crippen LogP) is 2.22. The summed E-state index contributed by atoms with van der Waals surface area (Å²) in [4.78, 5) is 16.3. The molecule has 110 valence electrons. The molecule has 4 nitrogen and oxygen atoms in total. The highest BCUT2D eigenvalue weighted by atomic mass is 32.2. The second kappa shape index (κ2) is 6.99. The van der Waals surface area contributed by atoms with E-state index < -0.39 is 0 Å². The molecule has 1 aromatic carbocycles. The summed E-state index contributed by atoms with van der Waals surface area (Å²) in [5, 5.41) is 0.0624. The van der Waals surface area contributed by atoms with Gasteiger partial charge in [-0.1, -0.05) is 18.2 Å². The monoisotopic (exact) mass is 294 g/mol. The highest BCUT2D eigenvalue weighted by Gasteiger charge is 2.31. The van der Waals surface area contributed by atoms with Crippen molar-refractivity contribution in [2.45, 2.75) is 11.8 Å². The van der Waals surface area contributed by atoms with E-state index in [4.69, 9.17) is 4.74 Å². The van der Waals surface area contributed by atoms with Gasteiger partial charge in [-0.2, -0.15) is 0 Å². The fourth-order valence-electron chi connectivity index (χ4n) is 2.30. The van der Waals surface area contributed by atoms with Crippen molar-refractivity contribution < 1.29 is 9.53 Å². The van der Waals surface area contributed by atoms with Crippen molar-refractivity contribution in [2.75, 3.05) is 40.0 Å². The number of hydrogen-bond donors (Lipinski definition) is 0. The maximum absolute atomic E-state index is 12.2.